The molecular weight excluding hydrogens is 464 g/mol. The Hall–Kier alpha value is -3.95. The molecule has 2 aromatic rings. The number of rotatable bonds is 16. The largest absolute Gasteiger partial charge is 0.489 e. The van der Waals surface area contributed by atoms with E-state index < -0.39 is 29.9 Å². The van der Waals surface area contributed by atoms with Crippen molar-refractivity contribution in [3.8, 4) is 5.75 Å². The van der Waals surface area contributed by atoms with E-state index in [4.69, 9.17) is 18.9 Å². The predicted molar refractivity (Wildman–Crippen MR) is 134 cm³/mol. The number of methoxy groups -OCH3 is 1. The molecule has 0 unspecified atom stereocenters. The maximum Gasteiger partial charge on any atom is 0.331 e. The average molecular weight is 497 g/mol. The fraction of sp³-hybridized carbons (Fsp3) is 0.296. The maximum absolute atomic E-state index is 13.0. The van der Waals surface area contributed by atoms with Gasteiger partial charge in [0.05, 0.1) is 25.4 Å². The molecule has 0 radical (unpaired) electrons. The lowest BCUT2D eigenvalue weighted by molar-refractivity contribution is -0.151. The van der Waals surface area contributed by atoms with Crippen LogP contribution in [0.1, 0.15) is 15.9 Å². The average Bonchev–Trinajstić information content (AvgIpc) is 2.90. The summed E-state index contributed by atoms with van der Waals surface area (Å²) in [6.07, 6.45) is 3.08. The summed E-state index contributed by atoms with van der Waals surface area (Å²) in [6, 6.07) is 13.5. The van der Waals surface area contributed by atoms with E-state index in [9.17, 15) is 14.4 Å². The maximum atomic E-state index is 13.0. The van der Waals surface area contributed by atoms with Crippen LogP contribution < -0.4 is 15.4 Å². The number of hydrogen-bond acceptors (Lipinski definition) is 7. The molecular formula is C27H32N2O7. The van der Waals surface area contributed by atoms with E-state index >= 15 is 0 Å². The lowest BCUT2D eigenvalue weighted by atomic mass is 10.1. The van der Waals surface area contributed by atoms with Gasteiger partial charge in [0.25, 0.3) is 5.91 Å². The van der Waals surface area contributed by atoms with E-state index in [-0.39, 0.29) is 38.6 Å². The highest BCUT2D eigenvalue weighted by atomic mass is 16.5. The van der Waals surface area contributed by atoms with E-state index in [0.717, 1.165) is 5.56 Å². The molecule has 0 aliphatic rings. The van der Waals surface area contributed by atoms with Gasteiger partial charge in [-0.2, -0.15) is 0 Å². The predicted octanol–water partition coefficient (Wildman–Crippen LogP) is 2.43. The summed E-state index contributed by atoms with van der Waals surface area (Å²) in [4.78, 5) is 38.7. The summed E-state index contributed by atoms with van der Waals surface area (Å²) in [5.41, 5.74) is 1.03. The monoisotopic (exact) mass is 496 g/mol. The third kappa shape index (κ3) is 9.36. The molecule has 0 bridgehead atoms. The van der Waals surface area contributed by atoms with Crippen LogP contribution in [0.5, 0.6) is 5.75 Å². The summed E-state index contributed by atoms with van der Waals surface area (Å²) in [7, 11) is 1.40. The van der Waals surface area contributed by atoms with E-state index in [1.54, 1.807) is 30.3 Å². The summed E-state index contributed by atoms with van der Waals surface area (Å²) in [6.45, 7) is 7.32. The van der Waals surface area contributed by atoms with Crippen LogP contribution in [0.2, 0.25) is 0 Å². The fourth-order valence-electron chi connectivity index (χ4n) is 3.05. The number of ether oxygens (including phenoxy) is 4. The van der Waals surface area contributed by atoms with Gasteiger partial charge in [-0.25, -0.2) is 4.79 Å². The summed E-state index contributed by atoms with van der Waals surface area (Å²) < 4.78 is 21.4. The topological polar surface area (TPSA) is 112 Å². The van der Waals surface area contributed by atoms with Crippen molar-refractivity contribution < 1.29 is 33.3 Å². The Balaban J connectivity index is 2.09. The Kier molecular flexibility index (Phi) is 12.5. The molecule has 0 saturated heterocycles. The van der Waals surface area contributed by atoms with Gasteiger partial charge in [0, 0.05) is 7.11 Å². The Labute approximate surface area is 211 Å². The zero-order valence-electron chi connectivity index (χ0n) is 20.3. The van der Waals surface area contributed by atoms with Gasteiger partial charge >= 0.3 is 5.97 Å². The fourth-order valence-corrected chi connectivity index (χ4v) is 3.05. The molecule has 0 saturated carbocycles. The molecule has 0 aliphatic heterocycles. The van der Waals surface area contributed by atoms with Crippen molar-refractivity contribution in [3.05, 3.63) is 91.0 Å². The number of carbonyl (C=O) groups is 3. The van der Waals surface area contributed by atoms with Crippen LogP contribution in [0.25, 0.3) is 0 Å². The third-order valence-corrected chi connectivity index (χ3v) is 4.79. The molecule has 2 aromatic carbocycles. The smallest absolute Gasteiger partial charge is 0.331 e. The quantitative estimate of drug-likeness (QED) is 0.209. The van der Waals surface area contributed by atoms with Crippen molar-refractivity contribution in [2.24, 2.45) is 0 Å². The summed E-state index contributed by atoms with van der Waals surface area (Å²) >= 11 is 0. The minimum Gasteiger partial charge on any atom is -0.489 e. The molecule has 0 fully saturated rings. The first-order valence-corrected chi connectivity index (χ1v) is 11.3. The van der Waals surface area contributed by atoms with E-state index in [1.807, 2.05) is 30.3 Å². The van der Waals surface area contributed by atoms with E-state index in [2.05, 4.69) is 23.8 Å². The molecule has 0 heterocycles. The molecule has 2 N–H and O–H groups in total. The third-order valence-electron chi connectivity index (χ3n) is 4.79. The molecule has 9 nitrogen and oxygen atoms in total. The Morgan fingerprint density at radius 2 is 1.58 bits per heavy atom. The second kappa shape index (κ2) is 15.9. The normalized spacial score (nSPS) is 12.0. The molecule has 0 aliphatic carbocycles. The molecule has 192 valence electrons. The second-order valence-electron chi connectivity index (χ2n) is 7.56. The lowest BCUT2D eigenvalue weighted by Crippen LogP contribution is -2.54. The molecule has 2 atom stereocenters. The van der Waals surface area contributed by atoms with E-state index in [0.29, 0.717) is 5.75 Å². The highest BCUT2D eigenvalue weighted by Gasteiger charge is 2.29. The summed E-state index contributed by atoms with van der Waals surface area (Å²) in [5, 5.41) is 5.22. The molecule has 2 rings (SSSR count). The number of nitrogens with one attached hydrogen (secondary N) is 2. The summed E-state index contributed by atoms with van der Waals surface area (Å²) in [5.74, 6) is -1.52. The molecule has 2 amide bonds. The molecule has 9 heteroatoms. The standard InChI is InChI=1S/C27H32N2O7/c1-4-15-34-19-23(27(32)36-17-20-11-7-6-8-12-20)29-26(31)22(18-33-3)28-25(30)21-13-9-10-14-24(21)35-16-5-2/h4-14,22-23H,1-2,15-19H2,3H3,(H,28,30)(H,29,31)/t22-,23-/m0/s1. The number of esters is 1. The number of carbonyl (C=O) groups excluding carboxylic acids is 3. The van der Waals surface area contributed by atoms with Gasteiger partial charge in [-0.3, -0.25) is 9.59 Å². The first kappa shape index (κ1) is 28.3. The minimum absolute atomic E-state index is 0.0350. The molecule has 0 aromatic heterocycles. The van der Waals surface area contributed by atoms with Crippen LogP contribution in [0, 0.1) is 0 Å². The molecule has 36 heavy (non-hydrogen) atoms. The Morgan fingerprint density at radius 1 is 0.889 bits per heavy atom. The number of benzene rings is 2. The van der Waals surface area contributed by atoms with Crippen molar-refractivity contribution in [2.45, 2.75) is 18.7 Å². The van der Waals surface area contributed by atoms with Crippen LogP contribution in [-0.4, -0.2) is 63.4 Å². The van der Waals surface area contributed by atoms with Gasteiger partial charge in [-0.1, -0.05) is 61.2 Å². The first-order valence-electron chi connectivity index (χ1n) is 11.3. The second-order valence-corrected chi connectivity index (χ2v) is 7.56. The number of amides is 2. The van der Waals surface area contributed by atoms with Gasteiger partial charge in [0.15, 0.2) is 6.04 Å². The minimum atomic E-state index is -1.11. The highest BCUT2D eigenvalue weighted by Crippen LogP contribution is 2.18. The van der Waals surface area contributed by atoms with Gasteiger partial charge < -0.3 is 29.6 Å². The number of para-hydroxylation sites is 1. The zero-order valence-corrected chi connectivity index (χ0v) is 20.3. The molecule has 0 spiro atoms. The van der Waals surface area contributed by atoms with Crippen molar-refractivity contribution >= 4 is 17.8 Å². The Bertz CT molecular complexity index is 1010. The highest BCUT2D eigenvalue weighted by molar-refractivity contribution is 6.00. The van der Waals surface area contributed by atoms with Crippen molar-refractivity contribution in [2.75, 3.05) is 33.5 Å². The van der Waals surface area contributed by atoms with E-state index in [1.165, 1.54) is 13.2 Å². The van der Waals surface area contributed by atoms with Crippen molar-refractivity contribution in [1.29, 1.82) is 0 Å². The van der Waals surface area contributed by atoms with Gasteiger partial charge in [-0.15, -0.1) is 6.58 Å². The van der Waals surface area contributed by atoms with Crippen LogP contribution in [-0.2, 0) is 30.4 Å². The van der Waals surface area contributed by atoms with Crippen LogP contribution in [0.4, 0.5) is 0 Å². The van der Waals surface area contributed by atoms with Gasteiger partial charge in [0.2, 0.25) is 5.91 Å². The van der Waals surface area contributed by atoms with Crippen LogP contribution in [0.15, 0.2) is 79.9 Å². The zero-order chi connectivity index (χ0) is 26.2. The number of hydrogen-bond donors (Lipinski definition) is 2. The van der Waals surface area contributed by atoms with Crippen molar-refractivity contribution in [1.82, 2.24) is 10.6 Å². The first-order chi connectivity index (χ1) is 17.5. The Morgan fingerprint density at radius 3 is 2.28 bits per heavy atom. The SMILES string of the molecule is C=CCOC[C@H](NC(=O)[C@H](COC)NC(=O)c1ccccc1OCC=C)C(=O)OCc1ccccc1. The van der Waals surface area contributed by atoms with Gasteiger partial charge in [-0.05, 0) is 17.7 Å². The lowest BCUT2D eigenvalue weighted by Gasteiger charge is -2.22. The van der Waals surface area contributed by atoms with Crippen LogP contribution >= 0.6 is 0 Å². The van der Waals surface area contributed by atoms with Crippen molar-refractivity contribution in [3.63, 3.8) is 0 Å². The van der Waals surface area contributed by atoms with Crippen LogP contribution in [0.3, 0.4) is 0 Å². The van der Waals surface area contributed by atoms with Gasteiger partial charge in [0.1, 0.15) is 25.0 Å².